The first kappa shape index (κ1) is 29.1. The van der Waals surface area contributed by atoms with Crippen molar-refractivity contribution in [1.29, 1.82) is 0 Å². The molecule has 1 aromatic rings. The van der Waals surface area contributed by atoms with Crippen LogP contribution in [0.4, 0.5) is 0 Å². The summed E-state index contributed by atoms with van der Waals surface area (Å²) in [5.41, 5.74) is 7.98. The lowest BCUT2D eigenvalue weighted by Gasteiger charge is -2.59. The Morgan fingerprint density at radius 3 is 2.61 bits per heavy atom. The monoisotopic (exact) mass is 560 g/mol. The number of likely N-dealkylation sites (tertiary alicyclic amines) is 1. The predicted octanol–water partition coefficient (Wildman–Crippen LogP) is 6.12. The number of hydrogen-bond acceptors (Lipinski definition) is 6. The lowest BCUT2D eigenvalue weighted by Crippen LogP contribution is -2.53. The van der Waals surface area contributed by atoms with Gasteiger partial charge in [0.2, 0.25) is 0 Å². The van der Waals surface area contributed by atoms with Gasteiger partial charge in [-0.1, -0.05) is 37.6 Å². The molecule has 1 aliphatic heterocycles. The minimum Gasteiger partial charge on any atom is -0.370 e. The van der Waals surface area contributed by atoms with Crippen LogP contribution >= 0.6 is 0 Å². The van der Waals surface area contributed by atoms with E-state index in [9.17, 15) is 4.79 Å². The third kappa shape index (κ3) is 5.45. The van der Waals surface area contributed by atoms with Crippen LogP contribution < -0.4 is 5.48 Å². The Hall–Kier alpha value is -2.02. The number of pyridine rings is 1. The van der Waals surface area contributed by atoms with Crippen molar-refractivity contribution in [3.8, 4) is 0 Å². The molecule has 0 aromatic carbocycles. The molecule has 0 amide bonds. The lowest BCUT2D eigenvalue weighted by molar-refractivity contribution is -0.162. The second-order valence-corrected chi connectivity index (χ2v) is 14.9. The molecule has 1 N–H and O–H groups in total. The highest BCUT2D eigenvalue weighted by Gasteiger charge is 2.57. The first-order valence-electron chi connectivity index (χ1n) is 16.3. The van der Waals surface area contributed by atoms with E-state index in [0.717, 1.165) is 69.6 Å². The lowest BCUT2D eigenvalue weighted by atomic mass is 9.46. The number of hydroxylamine groups is 1. The minimum absolute atomic E-state index is 0.00628. The molecule has 5 aliphatic rings. The summed E-state index contributed by atoms with van der Waals surface area (Å²) in [5, 5.41) is 0. The number of allylic oxidation sites excluding steroid dienone is 3. The van der Waals surface area contributed by atoms with E-state index < -0.39 is 0 Å². The van der Waals surface area contributed by atoms with Gasteiger partial charge in [-0.3, -0.25) is 9.78 Å². The summed E-state index contributed by atoms with van der Waals surface area (Å²) < 4.78 is 0. The van der Waals surface area contributed by atoms with E-state index in [1.165, 1.54) is 37.7 Å². The zero-order valence-electron chi connectivity index (χ0n) is 26.1. The van der Waals surface area contributed by atoms with Gasteiger partial charge in [0.05, 0.1) is 11.5 Å². The second-order valence-electron chi connectivity index (χ2n) is 14.9. The molecule has 0 spiro atoms. The van der Waals surface area contributed by atoms with Gasteiger partial charge in [-0.2, -0.15) is 0 Å². The van der Waals surface area contributed by atoms with Crippen molar-refractivity contribution in [2.45, 2.75) is 84.1 Å². The Balaban J connectivity index is 1.07. The zero-order valence-corrected chi connectivity index (χ0v) is 26.1. The van der Waals surface area contributed by atoms with Gasteiger partial charge in [0.25, 0.3) is 0 Å². The van der Waals surface area contributed by atoms with Crippen LogP contribution in [0.1, 0.15) is 84.1 Å². The number of nitrogens with zero attached hydrogens (tertiary/aromatic N) is 3. The maximum Gasteiger partial charge on any atom is 0.327 e. The zero-order chi connectivity index (χ0) is 28.8. The van der Waals surface area contributed by atoms with Gasteiger partial charge >= 0.3 is 5.97 Å². The normalized spacial score (nSPS) is 37.6. The van der Waals surface area contributed by atoms with Crippen molar-refractivity contribution in [2.75, 3.05) is 40.3 Å². The van der Waals surface area contributed by atoms with Crippen LogP contribution in [0.2, 0.25) is 0 Å². The summed E-state index contributed by atoms with van der Waals surface area (Å²) in [5.74, 6) is 2.19. The number of aromatic nitrogens is 1. The van der Waals surface area contributed by atoms with Gasteiger partial charge in [-0.25, -0.2) is 0 Å². The minimum atomic E-state index is -0.282. The third-order valence-corrected chi connectivity index (χ3v) is 12.1. The van der Waals surface area contributed by atoms with Crippen LogP contribution in [0.25, 0.3) is 5.57 Å². The van der Waals surface area contributed by atoms with Crippen LogP contribution in [0, 0.1) is 34.5 Å². The molecule has 1 aromatic heterocycles. The average Bonchev–Trinajstić information content (AvgIpc) is 3.33. The topological polar surface area (TPSA) is 57.7 Å². The fourth-order valence-corrected chi connectivity index (χ4v) is 9.49. The number of hydrogen-bond donors (Lipinski definition) is 1. The van der Waals surface area contributed by atoms with Gasteiger partial charge < -0.3 is 14.6 Å². The van der Waals surface area contributed by atoms with E-state index in [-0.39, 0.29) is 28.3 Å². The van der Waals surface area contributed by atoms with Crippen molar-refractivity contribution >= 4 is 11.5 Å². The van der Waals surface area contributed by atoms with Crippen LogP contribution in [0.15, 0.2) is 42.3 Å². The second kappa shape index (κ2) is 11.2. The standard InChI is InChI=1S/C35H52N4O2/c1-33(37-41-32(40)25-13-19-39(20-14-25)22-21-38(4)5)16-17-34(2)27(23-33)8-9-28-30-11-10-29(26-7-6-18-36-24-26)35(30,3)15-12-31(28)34/h6-7,10,18,23-25,28,30-31,37H,8-9,11-17,19-22H2,1-5H3/t28-,30+,31+,33?,34+,35-/m1/s1. The molecule has 0 radical (unpaired) electrons. The van der Waals surface area contributed by atoms with Crippen LogP contribution in [0.5, 0.6) is 0 Å². The Morgan fingerprint density at radius 1 is 1.07 bits per heavy atom. The SMILES string of the molecule is CN(C)CCN1CCC(C(=O)ONC2(C)C=C3CC[C@H]4[C@H](CC[C@]5(C)C(c6cccnc6)=CC[C@@H]45)[C@@]3(C)CC2)CC1. The summed E-state index contributed by atoms with van der Waals surface area (Å²) in [6.45, 7) is 11.4. The largest absolute Gasteiger partial charge is 0.370 e. The summed E-state index contributed by atoms with van der Waals surface area (Å²) in [6, 6.07) is 4.33. The van der Waals surface area contributed by atoms with Crippen molar-refractivity contribution in [3.05, 3.63) is 47.8 Å². The number of likely N-dealkylation sites (N-methyl/N-ethyl adjacent to an activating group) is 1. The number of carbonyl (C=O) groups excluding carboxylic acids is 1. The van der Waals surface area contributed by atoms with E-state index in [0.29, 0.717) is 0 Å². The Bertz CT molecular complexity index is 1170. The number of fused-ring (bicyclic) bond motifs is 5. The van der Waals surface area contributed by atoms with Crippen molar-refractivity contribution in [3.63, 3.8) is 0 Å². The first-order chi connectivity index (χ1) is 19.6. The van der Waals surface area contributed by atoms with Crippen LogP contribution in [-0.2, 0) is 9.63 Å². The Morgan fingerprint density at radius 2 is 1.88 bits per heavy atom. The molecule has 6 rings (SSSR count). The Labute approximate surface area is 247 Å². The van der Waals surface area contributed by atoms with Crippen molar-refractivity contribution < 1.29 is 9.63 Å². The van der Waals surface area contributed by atoms with Gasteiger partial charge in [0.15, 0.2) is 0 Å². The molecule has 0 bridgehead atoms. The molecule has 6 nitrogen and oxygen atoms in total. The summed E-state index contributed by atoms with van der Waals surface area (Å²) in [4.78, 5) is 28.0. The highest BCUT2D eigenvalue weighted by molar-refractivity contribution is 5.73. The summed E-state index contributed by atoms with van der Waals surface area (Å²) in [7, 11) is 4.23. The van der Waals surface area contributed by atoms with Gasteiger partial charge in [0, 0.05) is 25.5 Å². The molecule has 1 saturated heterocycles. The van der Waals surface area contributed by atoms with E-state index in [1.54, 1.807) is 11.1 Å². The van der Waals surface area contributed by atoms with Gasteiger partial charge in [0.1, 0.15) is 0 Å². The number of nitrogens with one attached hydrogen (secondary N) is 1. The highest BCUT2D eigenvalue weighted by Crippen LogP contribution is 2.67. The molecule has 6 atom stereocenters. The van der Waals surface area contributed by atoms with E-state index >= 15 is 0 Å². The quantitative estimate of drug-likeness (QED) is 0.320. The molecule has 6 heteroatoms. The molecule has 2 saturated carbocycles. The number of piperidine rings is 1. The molecule has 224 valence electrons. The smallest absolute Gasteiger partial charge is 0.327 e. The first-order valence-corrected chi connectivity index (χ1v) is 16.3. The highest BCUT2D eigenvalue weighted by atomic mass is 16.7. The summed E-state index contributed by atoms with van der Waals surface area (Å²) in [6.07, 6.45) is 19.1. The molecular weight excluding hydrogens is 508 g/mol. The summed E-state index contributed by atoms with van der Waals surface area (Å²) >= 11 is 0. The van der Waals surface area contributed by atoms with E-state index in [2.05, 4.69) is 85.6 Å². The van der Waals surface area contributed by atoms with Crippen LogP contribution in [-0.4, -0.2) is 66.6 Å². The van der Waals surface area contributed by atoms with Gasteiger partial charge in [-0.05, 0) is 138 Å². The fraction of sp³-hybridized carbons (Fsp3) is 0.714. The molecule has 2 heterocycles. The third-order valence-electron chi connectivity index (χ3n) is 12.1. The fourth-order valence-electron chi connectivity index (χ4n) is 9.49. The average molecular weight is 561 g/mol. The maximum atomic E-state index is 13.0. The molecule has 1 unspecified atom stereocenters. The Kier molecular flexibility index (Phi) is 7.97. The van der Waals surface area contributed by atoms with Crippen molar-refractivity contribution in [1.82, 2.24) is 20.3 Å². The molecule has 4 aliphatic carbocycles. The molecule has 41 heavy (non-hydrogen) atoms. The van der Waals surface area contributed by atoms with E-state index in [4.69, 9.17) is 4.84 Å². The predicted molar refractivity (Wildman–Crippen MR) is 165 cm³/mol. The number of rotatable bonds is 7. The number of carbonyl (C=O) groups is 1. The van der Waals surface area contributed by atoms with Crippen molar-refractivity contribution in [2.24, 2.45) is 34.5 Å². The van der Waals surface area contributed by atoms with E-state index in [1.807, 2.05) is 6.20 Å². The molecular formula is C35H52N4O2. The molecule has 3 fully saturated rings. The maximum absolute atomic E-state index is 13.0. The van der Waals surface area contributed by atoms with Gasteiger partial charge in [-0.15, -0.1) is 5.48 Å². The van der Waals surface area contributed by atoms with Crippen LogP contribution in [0.3, 0.4) is 0 Å².